The molecule has 0 aliphatic carbocycles. The first-order valence-corrected chi connectivity index (χ1v) is 9.45. The summed E-state index contributed by atoms with van der Waals surface area (Å²) >= 11 is 8.33. The van der Waals surface area contributed by atoms with Gasteiger partial charge in [-0.15, -0.1) is 11.8 Å². The number of piperidine rings is 1. The molecule has 1 aliphatic rings. The van der Waals surface area contributed by atoms with Crippen LogP contribution < -0.4 is 5.32 Å². The second-order valence-corrected chi connectivity index (χ2v) is 9.51. The van der Waals surface area contributed by atoms with E-state index in [2.05, 4.69) is 44.9 Å². The Morgan fingerprint density at radius 1 is 1.35 bits per heavy atom. The molecule has 1 unspecified atom stereocenters. The highest BCUT2D eigenvalue weighted by Crippen LogP contribution is 2.43. The molecule has 1 saturated heterocycles. The number of rotatable bonds is 2. The first-order chi connectivity index (χ1) is 10.7. The van der Waals surface area contributed by atoms with Gasteiger partial charge in [0, 0.05) is 16.2 Å². The number of nitrogens with one attached hydrogen (secondary N) is 1. The predicted octanol–water partition coefficient (Wildman–Crippen LogP) is 5.40. The monoisotopic (exact) mass is 352 g/mol. The van der Waals surface area contributed by atoms with E-state index in [4.69, 9.17) is 16.0 Å². The van der Waals surface area contributed by atoms with Gasteiger partial charge in [0.25, 0.3) is 0 Å². The van der Waals surface area contributed by atoms with Crippen LogP contribution in [0.3, 0.4) is 0 Å². The summed E-state index contributed by atoms with van der Waals surface area (Å²) in [7, 11) is 0. The van der Waals surface area contributed by atoms with Crippen LogP contribution in [0.5, 0.6) is 0 Å². The van der Waals surface area contributed by atoms with E-state index < -0.39 is 0 Å². The molecule has 2 aromatic rings. The minimum Gasteiger partial charge on any atom is -0.439 e. The van der Waals surface area contributed by atoms with Crippen LogP contribution >= 0.6 is 23.4 Å². The van der Waals surface area contributed by atoms with Crippen molar-refractivity contribution in [3.63, 3.8) is 0 Å². The third-order valence-corrected chi connectivity index (χ3v) is 6.57. The van der Waals surface area contributed by atoms with Crippen LogP contribution in [0.25, 0.3) is 11.1 Å². The van der Waals surface area contributed by atoms with Crippen LogP contribution in [-0.4, -0.2) is 22.3 Å². The number of fused-ring (bicyclic) bond motifs is 1. The lowest BCUT2D eigenvalue weighted by atomic mass is 9.93. The van der Waals surface area contributed by atoms with Crippen molar-refractivity contribution in [3.8, 4) is 0 Å². The number of benzene rings is 1. The number of oxazole rings is 1. The molecular weight excluding hydrogens is 328 g/mol. The zero-order valence-corrected chi connectivity index (χ0v) is 16.1. The van der Waals surface area contributed by atoms with Gasteiger partial charge in [-0.2, -0.15) is 0 Å². The van der Waals surface area contributed by atoms with Gasteiger partial charge in [-0.05, 0) is 45.4 Å². The first kappa shape index (κ1) is 17.1. The van der Waals surface area contributed by atoms with Gasteiger partial charge in [0.15, 0.2) is 5.58 Å². The quantitative estimate of drug-likeness (QED) is 0.785. The lowest BCUT2D eigenvalue weighted by Crippen LogP contribution is -2.51. The van der Waals surface area contributed by atoms with Gasteiger partial charge in [0.05, 0.1) is 9.92 Å². The Morgan fingerprint density at radius 3 is 2.74 bits per heavy atom. The van der Waals surface area contributed by atoms with Gasteiger partial charge >= 0.3 is 0 Å². The van der Waals surface area contributed by atoms with E-state index in [9.17, 15) is 0 Å². The van der Waals surface area contributed by atoms with E-state index in [0.717, 1.165) is 33.5 Å². The van der Waals surface area contributed by atoms with Gasteiger partial charge in [0.1, 0.15) is 5.52 Å². The maximum absolute atomic E-state index is 6.51. The average Bonchev–Trinajstić information content (AvgIpc) is 2.88. The van der Waals surface area contributed by atoms with E-state index in [0.29, 0.717) is 5.25 Å². The van der Waals surface area contributed by atoms with E-state index in [1.165, 1.54) is 12.8 Å². The van der Waals surface area contributed by atoms with Crippen molar-refractivity contribution in [2.45, 2.75) is 68.6 Å². The second-order valence-electron chi connectivity index (χ2n) is 7.89. The molecule has 0 radical (unpaired) electrons. The molecule has 1 fully saturated rings. The van der Waals surface area contributed by atoms with Gasteiger partial charge in [0.2, 0.25) is 5.89 Å². The molecule has 0 spiro atoms. The Kier molecular flexibility index (Phi) is 4.45. The zero-order valence-electron chi connectivity index (χ0n) is 14.5. The summed E-state index contributed by atoms with van der Waals surface area (Å²) in [5.74, 6) is 0.762. The molecule has 1 N–H and O–H groups in total. The van der Waals surface area contributed by atoms with Gasteiger partial charge in [-0.1, -0.05) is 32.4 Å². The Hall–Kier alpha value is -0.710. The van der Waals surface area contributed by atoms with E-state index in [-0.39, 0.29) is 11.0 Å². The van der Waals surface area contributed by atoms with Crippen LogP contribution in [0.2, 0.25) is 5.02 Å². The summed E-state index contributed by atoms with van der Waals surface area (Å²) in [5, 5.41) is 4.83. The molecule has 126 valence electrons. The maximum Gasteiger partial charge on any atom is 0.200 e. The molecule has 0 saturated carbocycles. The zero-order chi connectivity index (χ0) is 16.8. The van der Waals surface area contributed by atoms with Crippen molar-refractivity contribution in [1.82, 2.24) is 10.3 Å². The fourth-order valence-corrected chi connectivity index (χ4v) is 4.56. The summed E-state index contributed by atoms with van der Waals surface area (Å²) in [6, 6.07) is 3.88. The summed E-state index contributed by atoms with van der Waals surface area (Å²) in [5.41, 5.74) is 1.69. The molecule has 23 heavy (non-hydrogen) atoms. The molecule has 0 amide bonds. The second kappa shape index (κ2) is 5.98. The lowest BCUT2D eigenvalue weighted by Gasteiger charge is -2.39. The van der Waals surface area contributed by atoms with Crippen molar-refractivity contribution >= 4 is 34.5 Å². The molecule has 1 atom stereocenters. The normalized spacial score (nSPS) is 21.7. The Bertz CT molecular complexity index is 718. The molecule has 5 heteroatoms. The highest BCUT2D eigenvalue weighted by molar-refractivity contribution is 8.00. The van der Waals surface area contributed by atoms with Crippen molar-refractivity contribution in [3.05, 3.63) is 23.0 Å². The molecule has 1 aromatic heterocycles. The van der Waals surface area contributed by atoms with Crippen molar-refractivity contribution in [1.29, 1.82) is 0 Å². The average molecular weight is 353 g/mol. The summed E-state index contributed by atoms with van der Waals surface area (Å²) in [4.78, 5) is 5.68. The number of halogens is 1. The molecular formula is C18H25ClN2OS. The topological polar surface area (TPSA) is 38.1 Å². The van der Waals surface area contributed by atoms with Crippen molar-refractivity contribution < 1.29 is 4.42 Å². The lowest BCUT2D eigenvalue weighted by molar-refractivity contribution is 0.315. The van der Waals surface area contributed by atoms with Crippen LogP contribution in [-0.2, 0) is 5.41 Å². The Morgan fingerprint density at radius 2 is 2.09 bits per heavy atom. The van der Waals surface area contributed by atoms with E-state index in [1.54, 1.807) is 0 Å². The van der Waals surface area contributed by atoms with E-state index >= 15 is 0 Å². The van der Waals surface area contributed by atoms with Crippen molar-refractivity contribution in [2.24, 2.45) is 0 Å². The van der Waals surface area contributed by atoms with E-state index in [1.807, 2.05) is 23.9 Å². The molecule has 1 aliphatic heterocycles. The number of nitrogens with zero attached hydrogens (tertiary/aromatic N) is 1. The summed E-state index contributed by atoms with van der Waals surface area (Å²) in [6.45, 7) is 11.9. The third kappa shape index (κ3) is 3.40. The standard InChI is InChI=1S/C18H25ClN2OS/c1-17(2,3)16-21-12-9-8-11(19)15(14(12)22-16)23-13-7-6-10-20-18(13,4)5/h8-9,13,20H,6-7,10H2,1-5H3. The minimum absolute atomic E-state index is 0.0846. The number of hydrogen-bond acceptors (Lipinski definition) is 4. The molecule has 1 aromatic carbocycles. The maximum atomic E-state index is 6.51. The largest absolute Gasteiger partial charge is 0.439 e. The molecule has 3 nitrogen and oxygen atoms in total. The van der Waals surface area contributed by atoms with Crippen LogP contribution in [0.4, 0.5) is 0 Å². The Labute approximate surface area is 147 Å². The fraction of sp³-hybridized carbons (Fsp3) is 0.611. The SMILES string of the molecule is CC(C)(C)c1nc2ccc(Cl)c(SC3CCCNC3(C)C)c2o1. The fourth-order valence-electron chi connectivity index (χ4n) is 2.90. The van der Waals surface area contributed by atoms with Gasteiger partial charge in [-0.3, -0.25) is 0 Å². The predicted molar refractivity (Wildman–Crippen MR) is 98.7 cm³/mol. The number of thioether (sulfide) groups is 1. The van der Waals surface area contributed by atoms with Crippen LogP contribution in [0, 0.1) is 0 Å². The third-order valence-electron chi connectivity index (χ3n) is 4.39. The highest BCUT2D eigenvalue weighted by Gasteiger charge is 2.34. The van der Waals surface area contributed by atoms with Gasteiger partial charge in [-0.25, -0.2) is 4.98 Å². The highest BCUT2D eigenvalue weighted by atomic mass is 35.5. The molecule has 2 heterocycles. The van der Waals surface area contributed by atoms with Crippen LogP contribution in [0.1, 0.15) is 53.4 Å². The first-order valence-electron chi connectivity index (χ1n) is 8.20. The summed E-state index contributed by atoms with van der Waals surface area (Å²) < 4.78 is 6.12. The van der Waals surface area contributed by atoms with Gasteiger partial charge < -0.3 is 9.73 Å². The number of hydrogen-bond donors (Lipinski definition) is 1. The smallest absolute Gasteiger partial charge is 0.200 e. The molecule has 3 rings (SSSR count). The Balaban J connectivity index is 2.02. The minimum atomic E-state index is -0.112. The summed E-state index contributed by atoms with van der Waals surface area (Å²) in [6.07, 6.45) is 2.37. The number of aromatic nitrogens is 1. The van der Waals surface area contributed by atoms with Crippen molar-refractivity contribution in [2.75, 3.05) is 6.54 Å². The van der Waals surface area contributed by atoms with Crippen LogP contribution in [0.15, 0.2) is 21.4 Å². The molecule has 0 bridgehead atoms.